The molecule has 0 atom stereocenters. The highest BCUT2D eigenvalue weighted by atomic mass is 32.2. The van der Waals surface area contributed by atoms with Gasteiger partial charge in [-0.2, -0.15) is 13.2 Å². The van der Waals surface area contributed by atoms with Gasteiger partial charge < -0.3 is 5.11 Å². The Labute approximate surface area is 93.8 Å². The zero-order valence-corrected chi connectivity index (χ0v) is 8.68. The third-order valence-electron chi connectivity index (χ3n) is 1.60. The second-order valence-corrected chi connectivity index (χ2v) is 3.76. The van der Waals surface area contributed by atoms with Crippen LogP contribution in [0.3, 0.4) is 0 Å². The average Bonchev–Trinajstić information content (AvgIpc) is 2.16. The van der Waals surface area contributed by atoms with Gasteiger partial charge >= 0.3 is 12.1 Å². The molecule has 0 amide bonds. The highest BCUT2D eigenvalue weighted by Crippen LogP contribution is 2.30. The third kappa shape index (κ3) is 3.98. The Bertz CT molecular complexity index is 396. The first kappa shape index (κ1) is 12.6. The monoisotopic (exact) mass is 248 g/mol. The number of halogens is 3. The maximum atomic E-state index is 12.2. The van der Waals surface area contributed by atoms with Gasteiger partial charge in [0.1, 0.15) is 0 Å². The molecule has 0 saturated carbocycles. The number of hydrogen-bond acceptors (Lipinski definition) is 2. The van der Waals surface area contributed by atoms with E-state index in [-0.39, 0.29) is 0 Å². The molecule has 0 bridgehead atoms. The molecule has 6 heteroatoms. The van der Waals surface area contributed by atoms with Crippen LogP contribution in [0.2, 0.25) is 0 Å². The molecule has 0 radical (unpaired) electrons. The van der Waals surface area contributed by atoms with Crippen molar-refractivity contribution in [3.05, 3.63) is 41.3 Å². The SMILES string of the molecule is O=C(O)/C=C\Sc1ccc(C(F)(F)F)cc1. The maximum absolute atomic E-state index is 12.2. The molecule has 0 unspecified atom stereocenters. The summed E-state index contributed by atoms with van der Waals surface area (Å²) >= 11 is 1.04. The van der Waals surface area contributed by atoms with E-state index in [1.165, 1.54) is 17.5 Å². The normalized spacial score (nSPS) is 11.9. The lowest BCUT2D eigenvalue weighted by Gasteiger charge is -2.06. The number of alkyl halides is 3. The van der Waals surface area contributed by atoms with Crippen molar-refractivity contribution >= 4 is 17.7 Å². The topological polar surface area (TPSA) is 37.3 Å². The van der Waals surface area contributed by atoms with E-state index in [1.807, 2.05) is 0 Å². The molecule has 0 aliphatic rings. The zero-order valence-electron chi connectivity index (χ0n) is 7.86. The number of rotatable bonds is 3. The molecule has 1 aromatic carbocycles. The lowest BCUT2D eigenvalue weighted by Crippen LogP contribution is -2.03. The van der Waals surface area contributed by atoms with Crippen molar-refractivity contribution in [3.63, 3.8) is 0 Å². The number of hydrogen-bond donors (Lipinski definition) is 1. The highest BCUT2D eigenvalue weighted by molar-refractivity contribution is 8.02. The first-order valence-corrected chi connectivity index (χ1v) is 5.01. The second kappa shape index (κ2) is 5.07. The minimum absolute atomic E-state index is 0.547. The molecule has 0 spiro atoms. The molecule has 0 saturated heterocycles. The molecule has 1 N–H and O–H groups in total. The van der Waals surface area contributed by atoms with E-state index >= 15 is 0 Å². The van der Waals surface area contributed by atoms with E-state index in [2.05, 4.69) is 0 Å². The molecule has 86 valence electrons. The lowest BCUT2D eigenvalue weighted by molar-refractivity contribution is -0.137. The first-order chi connectivity index (χ1) is 7.39. The van der Waals surface area contributed by atoms with Gasteiger partial charge in [-0.25, -0.2) is 4.79 Å². The summed E-state index contributed by atoms with van der Waals surface area (Å²) in [5.41, 5.74) is -0.723. The van der Waals surface area contributed by atoms with Gasteiger partial charge in [-0.15, -0.1) is 0 Å². The van der Waals surface area contributed by atoms with Crippen LogP contribution in [0.5, 0.6) is 0 Å². The Morgan fingerprint density at radius 2 is 1.81 bits per heavy atom. The molecule has 0 aliphatic heterocycles. The standard InChI is InChI=1S/C10H7F3O2S/c11-10(12,13)7-1-3-8(4-2-7)16-6-5-9(14)15/h1-6H,(H,14,15)/b6-5-. The fraction of sp³-hybridized carbons (Fsp3) is 0.100. The highest BCUT2D eigenvalue weighted by Gasteiger charge is 2.29. The third-order valence-corrected chi connectivity index (χ3v) is 2.41. The second-order valence-electron chi connectivity index (χ2n) is 2.78. The predicted octanol–water partition coefficient (Wildman–Crippen LogP) is 3.40. The van der Waals surface area contributed by atoms with E-state index in [9.17, 15) is 18.0 Å². The number of carboxylic acid groups (broad SMARTS) is 1. The number of carboxylic acids is 1. The van der Waals surface area contributed by atoms with Crippen molar-refractivity contribution in [1.29, 1.82) is 0 Å². The fourth-order valence-electron chi connectivity index (χ4n) is 0.893. The van der Waals surface area contributed by atoms with Gasteiger partial charge in [0.25, 0.3) is 0 Å². The van der Waals surface area contributed by atoms with Crippen LogP contribution >= 0.6 is 11.8 Å². The summed E-state index contributed by atoms with van der Waals surface area (Å²) in [5, 5.41) is 9.59. The summed E-state index contributed by atoms with van der Waals surface area (Å²) < 4.78 is 36.5. The van der Waals surface area contributed by atoms with Crippen molar-refractivity contribution in [2.45, 2.75) is 11.1 Å². The van der Waals surface area contributed by atoms with E-state index < -0.39 is 17.7 Å². The first-order valence-electron chi connectivity index (χ1n) is 4.13. The van der Waals surface area contributed by atoms with Gasteiger partial charge in [0.2, 0.25) is 0 Å². The summed E-state index contributed by atoms with van der Waals surface area (Å²) in [5.74, 6) is -1.10. The summed E-state index contributed by atoms with van der Waals surface area (Å²) in [4.78, 5) is 10.7. The van der Waals surface area contributed by atoms with Crippen LogP contribution < -0.4 is 0 Å². The maximum Gasteiger partial charge on any atom is 0.416 e. The summed E-state index contributed by atoms with van der Waals surface area (Å²) in [6.07, 6.45) is -3.43. The molecule has 1 rings (SSSR count). The van der Waals surface area contributed by atoms with Crippen LogP contribution in [0.25, 0.3) is 0 Å². The van der Waals surface area contributed by atoms with Gasteiger partial charge in [0, 0.05) is 11.0 Å². The lowest BCUT2D eigenvalue weighted by atomic mass is 10.2. The fourth-order valence-corrected chi connectivity index (χ4v) is 1.53. The summed E-state index contributed by atoms with van der Waals surface area (Å²) in [6.45, 7) is 0. The van der Waals surface area contributed by atoms with Crippen molar-refractivity contribution < 1.29 is 23.1 Å². The van der Waals surface area contributed by atoms with Crippen molar-refractivity contribution in [1.82, 2.24) is 0 Å². The molecule has 16 heavy (non-hydrogen) atoms. The van der Waals surface area contributed by atoms with E-state index in [0.29, 0.717) is 4.90 Å². The predicted molar refractivity (Wildman–Crippen MR) is 54.1 cm³/mol. The molecule has 2 nitrogen and oxygen atoms in total. The number of aliphatic carboxylic acids is 1. The Kier molecular flexibility index (Phi) is 4.00. The summed E-state index contributed by atoms with van der Waals surface area (Å²) in [7, 11) is 0. The van der Waals surface area contributed by atoms with E-state index in [4.69, 9.17) is 5.11 Å². The van der Waals surface area contributed by atoms with Gasteiger partial charge in [-0.3, -0.25) is 0 Å². The van der Waals surface area contributed by atoms with Gasteiger partial charge in [0.05, 0.1) is 5.56 Å². The van der Waals surface area contributed by atoms with Crippen LogP contribution in [0.1, 0.15) is 5.56 Å². The van der Waals surface area contributed by atoms with Gasteiger partial charge in [0.15, 0.2) is 0 Å². The largest absolute Gasteiger partial charge is 0.478 e. The molecule has 0 heterocycles. The van der Waals surface area contributed by atoms with Crippen LogP contribution in [-0.2, 0) is 11.0 Å². The Balaban J connectivity index is 2.69. The molecule has 0 aliphatic carbocycles. The van der Waals surface area contributed by atoms with Crippen molar-refractivity contribution in [3.8, 4) is 0 Å². The van der Waals surface area contributed by atoms with Crippen LogP contribution in [0.15, 0.2) is 40.6 Å². The average molecular weight is 248 g/mol. The molecular weight excluding hydrogens is 241 g/mol. The zero-order chi connectivity index (χ0) is 12.2. The van der Waals surface area contributed by atoms with Crippen LogP contribution in [0.4, 0.5) is 13.2 Å². The van der Waals surface area contributed by atoms with Gasteiger partial charge in [-0.05, 0) is 29.7 Å². The van der Waals surface area contributed by atoms with Crippen molar-refractivity contribution in [2.24, 2.45) is 0 Å². The summed E-state index contributed by atoms with van der Waals surface area (Å²) in [6, 6.07) is 4.49. The van der Waals surface area contributed by atoms with Crippen LogP contribution in [-0.4, -0.2) is 11.1 Å². The number of thioether (sulfide) groups is 1. The minimum atomic E-state index is -4.35. The Morgan fingerprint density at radius 3 is 2.25 bits per heavy atom. The molecule has 0 aromatic heterocycles. The quantitative estimate of drug-likeness (QED) is 0.658. The van der Waals surface area contributed by atoms with E-state index in [1.54, 1.807) is 0 Å². The number of carbonyl (C=O) groups is 1. The molecule has 1 aromatic rings. The van der Waals surface area contributed by atoms with E-state index in [0.717, 1.165) is 30.0 Å². The van der Waals surface area contributed by atoms with Crippen LogP contribution in [0, 0.1) is 0 Å². The minimum Gasteiger partial charge on any atom is -0.478 e. The molecular formula is C10H7F3O2S. The Morgan fingerprint density at radius 1 is 1.25 bits per heavy atom. The smallest absolute Gasteiger partial charge is 0.416 e. The Hall–Kier alpha value is -1.43. The van der Waals surface area contributed by atoms with Gasteiger partial charge in [-0.1, -0.05) is 11.8 Å². The van der Waals surface area contributed by atoms with Crippen molar-refractivity contribution in [2.75, 3.05) is 0 Å². The molecule has 0 fully saturated rings. The number of benzene rings is 1.